The van der Waals surface area contributed by atoms with E-state index in [9.17, 15) is 9.59 Å². The van der Waals surface area contributed by atoms with Crippen LogP contribution in [0.4, 0.5) is 0 Å². The molecule has 0 unspecified atom stereocenters. The smallest absolute Gasteiger partial charge is 0.289 e. The normalized spacial score (nSPS) is 13.6. The lowest BCUT2D eigenvalue weighted by Gasteiger charge is -1.80. The summed E-state index contributed by atoms with van der Waals surface area (Å²) in [6, 6.07) is 0. The molecule has 0 aromatic heterocycles. The maximum Gasteiger partial charge on any atom is 0.335 e. The third-order valence-electron chi connectivity index (χ3n) is 0.632. The molecule has 6 heteroatoms. The van der Waals surface area contributed by atoms with Crippen LogP contribution in [0.2, 0.25) is 0 Å². The van der Waals surface area contributed by atoms with Crippen LogP contribution < -0.4 is 5.32 Å². The number of hydrogen-bond acceptors (Lipinski definition) is 4. The van der Waals surface area contributed by atoms with Crippen molar-refractivity contribution in [3.8, 4) is 0 Å². The minimum Gasteiger partial charge on any atom is -0.289 e. The van der Waals surface area contributed by atoms with Gasteiger partial charge in [0.05, 0.1) is 0 Å². The standard InChI is InChI=1S/C4H3NO2.O2S/c6-3-1-2-4(7)5-3;1-3-2/h1-2H,(H,5,6,7);. The van der Waals surface area contributed by atoms with Crippen molar-refractivity contribution in [1.29, 1.82) is 0 Å². The zero-order valence-corrected chi connectivity index (χ0v) is 5.51. The lowest BCUT2D eigenvalue weighted by Crippen LogP contribution is -2.19. The summed E-state index contributed by atoms with van der Waals surface area (Å²) in [6.07, 6.45) is 2.39. The Bertz CT molecular complexity index is 199. The Labute approximate surface area is 59.7 Å². The molecule has 1 rings (SSSR count). The summed E-state index contributed by atoms with van der Waals surface area (Å²) in [5.41, 5.74) is 0. The first-order chi connectivity index (χ1) is 4.70. The van der Waals surface area contributed by atoms with Gasteiger partial charge in [-0.15, -0.1) is 0 Å². The van der Waals surface area contributed by atoms with E-state index in [1.165, 1.54) is 12.2 Å². The van der Waals surface area contributed by atoms with E-state index >= 15 is 0 Å². The SMILES string of the molecule is O=C1C=CC(=O)N1.O=S=O. The fraction of sp³-hybridized carbons (Fsp3) is 0. The van der Waals surface area contributed by atoms with Gasteiger partial charge in [0.15, 0.2) is 0 Å². The second-order valence-electron chi connectivity index (χ2n) is 1.25. The van der Waals surface area contributed by atoms with Crippen molar-refractivity contribution in [1.82, 2.24) is 5.32 Å². The Morgan fingerprint density at radius 2 is 1.40 bits per heavy atom. The largest absolute Gasteiger partial charge is 0.335 e. The van der Waals surface area contributed by atoms with E-state index in [0.29, 0.717) is 0 Å². The van der Waals surface area contributed by atoms with Crippen LogP contribution in [0, 0.1) is 0 Å². The van der Waals surface area contributed by atoms with Crippen LogP contribution in [0.5, 0.6) is 0 Å². The molecule has 0 spiro atoms. The first-order valence-electron chi connectivity index (χ1n) is 2.15. The predicted octanol–water partition coefficient (Wildman–Crippen LogP) is -1.47. The van der Waals surface area contributed by atoms with Crippen molar-refractivity contribution in [2.75, 3.05) is 0 Å². The van der Waals surface area contributed by atoms with Gasteiger partial charge in [0.2, 0.25) is 0 Å². The molecule has 0 aromatic rings. The summed E-state index contributed by atoms with van der Waals surface area (Å²) >= 11 is -0.750. The van der Waals surface area contributed by atoms with Crippen LogP contribution >= 0.6 is 0 Å². The topological polar surface area (TPSA) is 80.3 Å². The van der Waals surface area contributed by atoms with E-state index in [4.69, 9.17) is 8.42 Å². The number of carbonyl (C=O) groups excluding carboxylic acids is 2. The first kappa shape index (κ1) is 8.70. The van der Waals surface area contributed by atoms with Crippen LogP contribution in [0.3, 0.4) is 0 Å². The maximum atomic E-state index is 10.0. The van der Waals surface area contributed by atoms with Crippen molar-refractivity contribution in [3.63, 3.8) is 0 Å². The molecular weight excluding hydrogens is 158 g/mol. The van der Waals surface area contributed by atoms with E-state index in [2.05, 4.69) is 0 Å². The van der Waals surface area contributed by atoms with Crippen molar-refractivity contribution < 1.29 is 18.0 Å². The highest BCUT2D eigenvalue weighted by Crippen LogP contribution is 1.82. The zero-order valence-electron chi connectivity index (χ0n) is 4.70. The molecule has 54 valence electrons. The van der Waals surface area contributed by atoms with Gasteiger partial charge in [-0.3, -0.25) is 14.9 Å². The third kappa shape index (κ3) is 3.67. The monoisotopic (exact) mass is 161 g/mol. The summed E-state index contributed by atoms with van der Waals surface area (Å²) < 4.78 is 16.6. The van der Waals surface area contributed by atoms with E-state index < -0.39 is 11.6 Å². The van der Waals surface area contributed by atoms with Crippen molar-refractivity contribution in [2.45, 2.75) is 0 Å². The Balaban J connectivity index is 0.000000236. The lowest BCUT2D eigenvalue weighted by atomic mass is 10.6. The highest BCUT2D eigenvalue weighted by Gasteiger charge is 2.06. The van der Waals surface area contributed by atoms with Crippen molar-refractivity contribution >= 4 is 23.4 Å². The summed E-state index contributed by atoms with van der Waals surface area (Å²) in [7, 11) is 0. The minimum atomic E-state index is -0.750. The van der Waals surface area contributed by atoms with Crippen LogP contribution in [-0.4, -0.2) is 20.2 Å². The molecule has 1 aliphatic heterocycles. The second-order valence-corrected chi connectivity index (χ2v) is 1.39. The van der Waals surface area contributed by atoms with Gasteiger partial charge < -0.3 is 0 Å². The maximum absolute atomic E-state index is 10.0. The van der Waals surface area contributed by atoms with Gasteiger partial charge in [-0.2, -0.15) is 8.42 Å². The molecule has 10 heavy (non-hydrogen) atoms. The number of amides is 2. The van der Waals surface area contributed by atoms with Crippen LogP contribution in [0.15, 0.2) is 12.2 Å². The molecule has 1 aliphatic rings. The molecule has 0 fully saturated rings. The van der Waals surface area contributed by atoms with Crippen LogP contribution in [-0.2, 0) is 21.2 Å². The molecular formula is C4H3NO4S. The Morgan fingerprint density at radius 1 is 1.10 bits per heavy atom. The summed E-state index contributed by atoms with van der Waals surface area (Å²) in [5.74, 6) is -0.657. The fourth-order valence-corrected chi connectivity index (χ4v) is 0.356. The van der Waals surface area contributed by atoms with E-state index in [1.54, 1.807) is 0 Å². The average molecular weight is 161 g/mol. The molecule has 0 saturated heterocycles. The Kier molecular flexibility index (Phi) is 3.97. The molecule has 0 bridgehead atoms. The second kappa shape index (κ2) is 4.57. The number of imide groups is 1. The van der Waals surface area contributed by atoms with Gasteiger partial charge in [0, 0.05) is 12.2 Å². The quantitative estimate of drug-likeness (QED) is 0.440. The minimum absolute atomic E-state index is 0.329. The first-order valence-corrected chi connectivity index (χ1v) is 2.82. The molecule has 5 nitrogen and oxygen atoms in total. The van der Waals surface area contributed by atoms with Crippen LogP contribution in [0.1, 0.15) is 0 Å². The molecule has 0 atom stereocenters. The van der Waals surface area contributed by atoms with E-state index in [-0.39, 0.29) is 11.8 Å². The van der Waals surface area contributed by atoms with Crippen molar-refractivity contribution in [3.05, 3.63) is 12.2 Å². The summed E-state index contributed by atoms with van der Waals surface area (Å²) in [4.78, 5) is 20.1. The number of carbonyl (C=O) groups is 2. The molecule has 0 radical (unpaired) electrons. The molecule has 2 amide bonds. The van der Waals surface area contributed by atoms with Crippen LogP contribution in [0.25, 0.3) is 0 Å². The van der Waals surface area contributed by atoms with Gasteiger partial charge in [-0.05, 0) is 0 Å². The average Bonchev–Trinajstić information content (AvgIpc) is 2.17. The molecule has 1 N–H and O–H groups in total. The van der Waals surface area contributed by atoms with Gasteiger partial charge in [-0.1, -0.05) is 0 Å². The zero-order chi connectivity index (χ0) is 7.98. The summed E-state index contributed by atoms with van der Waals surface area (Å²) in [6.45, 7) is 0. The number of hydrogen-bond donors (Lipinski definition) is 1. The highest BCUT2D eigenvalue weighted by atomic mass is 32.1. The molecule has 1 heterocycles. The summed E-state index contributed by atoms with van der Waals surface area (Å²) in [5, 5.41) is 2.03. The van der Waals surface area contributed by atoms with Gasteiger partial charge in [0.1, 0.15) is 0 Å². The number of nitrogens with one attached hydrogen (secondary N) is 1. The lowest BCUT2D eigenvalue weighted by molar-refractivity contribution is -0.123. The Hall–Kier alpha value is -1.30. The molecule has 0 aromatic carbocycles. The van der Waals surface area contributed by atoms with Gasteiger partial charge in [0.25, 0.3) is 11.8 Å². The van der Waals surface area contributed by atoms with Crippen molar-refractivity contribution in [2.24, 2.45) is 0 Å². The van der Waals surface area contributed by atoms with Gasteiger partial charge >= 0.3 is 11.6 Å². The fourth-order valence-electron chi connectivity index (χ4n) is 0.356. The highest BCUT2D eigenvalue weighted by molar-refractivity contribution is 7.51. The van der Waals surface area contributed by atoms with E-state index in [0.717, 1.165) is 0 Å². The molecule has 0 aliphatic carbocycles. The Morgan fingerprint density at radius 3 is 1.50 bits per heavy atom. The van der Waals surface area contributed by atoms with E-state index in [1.807, 2.05) is 5.32 Å². The third-order valence-corrected chi connectivity index (χ3v) is 0.632. The predicted molar refractivity (Wildman–Crippen MR) is 31.2 cm³/mol. The number of rotatable bonds is 0. The van der Waals surface area contributed by atoms with Gasteiger partial charge in [-0.25, -0.2) is 0 Å². The molecule has 0 saturated carbocycles.